The van der Waals surface area contributed by atoms with E-state index < -0.39 is 59.0 Å². The molecule has 0 aliphatic carbocycles. The third kappa shape index (κ3) is 11.5. The lowest BCUT2D eigenvalue weighted by molar-refractivity contribution is -0.274. The van der Waals surface area contributed by atoms with Crippen LogP contribution in [0.2, 0.25) is 0 Å². The Morgan fingerprint density at radius 3 is 1.43 bits per heavy atom. The number of fused-ring (bicyclic) bond motifs is 3. The van der Waals surface area contributed by atoms with Gasteiger partial charge >= 0.3 is 29.2 Å². The lowest BCUT2D eigenvalue weighted by Crippen LogP contribution is -2.18. The summed E-state index contributed by atoms with van der Waals surface area (Å²) in [4.78, 5) is 48.0. The second-order valence-corrected chi connectivity index (χ2v) is 15.4. The fraction of sp³-hybridized carbons (Fsp3) is 0.132. The molecule has 0 aliphatic heterocycles. The second kappa shape index (κ2) is 21.3. The van der Waals surface area contributed by atoms with Crippen molar-refractivity contribution in [2.75, 3.05) is 6.61 Å². The molecule has 16 heteroatoms. The molecule has 0 fully saturated rings. The smallest absolute Gasteiger partial charge is 0.507 e. The predicted octanol–water partition coefficient (Wildman–Crippen LogP) is 10.1. The molecule has 2 atom stereocenters. The number of para-hydroxylation sites is 3. The average Bonchev–Trinajstić information content (AvgIpc) is 3.33. The number of ether oxygens (including phenoxy) is 1. The molecule has 0 amide bonds. The maximum absolute atomic E-state index is 12.4. The van der Waals surface area contributed by atoms with Crippen molar-refractivity contribution < 1.29 is 61.5 Å². The third-order valence-electron chi connectivity index (χ3n) is 11.0. The summed E-state index contributed by atoms with van der Waals surface area (Å²) in [5.74, 6) is -3.82. The summed E-state index contributed by atoms with van der Waals surface area (Å²) < 4.78 is 56.4. The fourth-order valence-electron chi connectivity index (χ4n) is 7.79. The largest absolute Gasteiger partial charge is 0.573 e. The highest BCUT2D eigenvalue weighted by Crippen LogP contribution is 2.38. The molecular formula is C53H41F3O13. The standard InChI is InChI=1S/C19H13F3O6.C18H16O4.C16H12O3/c20-19(21,22)28-11-7-5-10(6-8-11)13(9-15(23)24)16-17(25)12-3-1-2-4-14(12)27-18(16)26;19-11-10-13(12-6-2-1-3-7-12)16-17(20)14-8-4-5-9-15(14)22-18(16)21;17-15-12-8-4-5-9-14(12)19-16(18)13(15)10-11-6-2-1-3-7-11/h1-8,13,25H,9H2,(H,23,24);1-9,13,19-20H,10-11H2;1-9,17H,10H2. The van der Waals surface area contributed by atoms with Crippen molar-refractivity contribution in [1.82, 2.24) is 0 Å². The van der Waals surface area contributed by atoms with Crippen LogP contribution in [0.5, 0.6) is 23.0 Å². The molecule has 9 aromatic rings. The van der Waals surface area contributed by atoms with E-state index in [2.05, 4.69) is 4.74 Å². The number of alkyl halides is 3. The highest BCUT2D eigenvalue weighted by molar-refractivity contribution is 5.86. The van der Waals surface area contributed by atoms with Crippen LogP contribution in [-0.2, 0) is 11.2 Å². The van der Waals surface area contributed by atoms with E-state index in [1.807, 2.05) is 60.7 Å². The van der Waals surface area contributed by atoms with Crippen LogP contribution in [-0.4, -0.2) is 44.5 Å². The molecule has 13 nitrogen and oxygen atoms in total. The zero-order chi connectivity index (χ0) is 49.2. The topological polar surface area (TPSA) is 218 Å². The maximum atomic E-state index is 12.4. The van der Waals surface area contributed by atoms with Crippen molar-refractivity contribution in [2.45, 2.75) is 37.5 Å². The number of hydrogen-bond donors (Lipinski definition) is 5. The summed E-state index contributed by atoms with van der Waals surface area (Å²) in [6, 6.07) is 43.2. The van der Waals surface area contributed by atoms with Gasteiger partial charge in [0.25, 0.3) is 0 Å². The van der Waals surface area contributed by atoms with Gasteiger partial charge in [0.15, 0.2) is 0 Å². The number of halogens is 3. The van der Waals surface area contributed by atoms with Gasteiger partial charge in [0.1, 0.15) is 39.7 Å². The molecule has 3 aromatic heterocycles. The molecule has 0 saturated carbocycles. The Hall–Kier alpha value is -8.63. The van der Waals surface area contributed by atoms with Crippen molar-refractivity contribution >= 4 is 38.9 Å². The molecule has 0 aliphatic rings. The molecule has 0 radical (unpaired) electrons. The molecule has 352 valence electrons. The minimum absolute atomic E-state index is 0.00991. The van der Waals surface area contributed by atoms with Gasteiger partial charge in [-0.3, -0.25) is 4.79 Å². The Morgan fingerprint density at radius 1 is 0.536 bits per heavy atom. The summed E-state index contributed by atoms with van der Waals surface area (Å²) in [5.41, 5.74) is 1.11. The van der Waals surface area contributed by atoms with Gasteiger partial charge in [-0.1, -0.05) is 109 Å². The minimum atomic E-state index is -4.88. The van der Waals surface area contributed by atoms with Gasteiger partial charge in [-0.2, -0.15) is 0 Å². The van der Waals surface area contributed by atoms with Gasteiger partial charge in [-0.25, -0.2) is 14.4 Å². The Kier molecular flexibility index (Phi) is 14.9. The number of aliphatic carboxylic acids is 1. The molecule has 3 heterocycles. The highest BCUT2D eigenvalue weighted by atomic mass is 19.4. The van der Waals surface area contributed by atoms with E-state index in [-0.39, 0.29) is 45.8 Å². The lowest BCUT2D eigenvalue weighted by atomic mass is 9.88. The lowest BCUT2D eigenvalue weighted by Gasteiger charge is -2.17. The molecule has 9 rings (SSSR count). The summed E-state index contributed by atoms with van der Waals surface area (Å²) in [7, 11) is 0. The average molecular weight is 943 g/mol. The summed E-state index contributed by atoms with van der Waals surface area (Å²) in [6.45, 7) is -0.0920. The summed E-state index contributed by atoms with van der Waals surface area (Å²) in [6.07, 6.45) is -4.77. The third-order valence-corrected chi connectivity index (χ3v) is 11.0. The van der Waals surface area contributed by atoms with Crippen molar-refractivity contribution in [3.63, 3.8) is 0 Å². The SMILES string of the molecule is O=C(O)CC(c1ccc(OC(F)(F)F)cc1)c1c(O)c2ccccc2oc1=O.O=c1oc2ccccc2c(O)c1C(CCO)c1ccccc1.O=c1oc2ccccc2c(O)c1Cc1ccccc1. The number of benzene rings is 6. The van der Waals surface area contributed by atoms with Crippen LogP contribution in [0.15, 0.2) is 185 Å². The Balaban J connectivity index is 0.000000156. The number of aliphatic hydroxyl groups is 1. The normalized spacial score (nSPS) is 12.1. The first-order valence-corrected chi connectivity index (χ1v) is 21.1. The number of carboxylic acid groups (broad SMARTS) is 1. The van der Waals surface area contributed by atoms with Crippen LogP contribution in [0, 0.1) is 0 Å². The van der Waals surface area contributed by atoms with E-state index in [9.17, 15) is 57.9 Å². The number of aliphatic hydroxyl groups excluding tert-OH is 1. The van der Waals surface area contributed by atoms with Crippen LogP contribution >= 0.6 is 0 Å². The first-order chi connectivity index (χ1) is 33.1. The van der Waals surface area contributed by atoms with Gasteiger partial charge in [-0.05, 0) is 71.6 Å². The highest BCUT2D eigenvalue weighted by Gasteiger charge is 2.32. The van der Waals surface area contributed by atoms with Gasteiger partial charge < -0.3 is 43.5 Å². The van der Waals surface area contributed by atoms with Crippen LogP contribution < -0.4 is 21.6 Å². The quantitative estimate of drug-likeness (QED) is 0.0764. The molecule has 2 unspecified atom stereocenters. The van der Waals surface area contributed by atoms with Crippen LogP contribution in [0.4, 0.5) is 13.2 Å². The maximum Gasteiger partial charge on any atom is 0.573 e. The Morgan fingerprint density at radius 2 is 0.957 bits per heavy atom. The Bertz CT molecular complexity index is 3400. The van der Waals surface area contributed by atoms with E-state index in [0.717, 1.165) is 23.3 Å². The van der Waals surface area contributed by atoms with Crippen LogP contribution in [0.1, 0.15) is 58.1 Å². The molecule has 5 N–H and O–H groups in total. The van der Waals surface area contributed by atoms with Gasteiger partial charge in [0.05, 0.1) is 39.3 Å². The van der Waals surface area contributed by atoms with E-state index in [1.54, 1.807) is 60.7 Å². The van der Waals surface area contributed by atoms with E-state index in [4.69, 9.17) is 13.3 Å². The van der Waals surface area contributed by atoms with Crippen LogP contribution in [0.25, 0.3) is 32.9 Å². The molecule has 6 aromatic carbocycles. The number of aromatic hydroxyl groups is 3. The number of hydrogen-bond acceptors (Lipinski definition) is 12. The fourth-order valence-corrected chi connectivity index (χ4v) is 7.79. The molecule has 69 heavy (non-hydrogen) atoms. The summed E-state index contributed by atoms with van der Waals surface area (Å²) in [5, 5.41) is 51.2. The van der Waals surface area contributed by atoms with Crippen LogP contribution in [0.3, 0.4) is 0 Å². The predicted molar refractivity (Wildman–Crippen MR) is 249 cm³/mol. The van der Waals surface area contributed by atoms with Gasteiger partial charge in [-0.15, -0.1) is 13.2 Å². The second-order valence-electron chi connectivity index (χ2n) is 15.4. The van der Waals surface area contributed by atoms with Crippen molar-refractivity contribution in [2.24, 2.45) is 0 Å². The van der Waals surface area contributed by atoms with Crippen molar-refractivity contribution in [1.29, 1.82) is 0 Å². The van der Waals surface area contributed by atoms with Gasteiger partial charge in [0.2, 0.25) is 0 Å². The van der Waals surface area contributed by atoms with Gasteiger partial charge in [0, 0.05) is 24.9 Å². The van der Waals surface area contributed by atoms with E-state index in [0.29, 0.717) is 40.3 Å². The van der Waals surface area contributed by atoms with E-state index >= 15 is 0 Å². The molecule has 0 saturated heterocycles. The van der Waals surface area contributed by atoms with E-state index in [1.165, 1.54) is 24.3 Å². The summed E-state index contributed by atoms with van der Waals surface area (Å²) >= 11 is 0. The van der Waals surface area contributed by atoms with Crippen molar-refractivity contribution in [3.05, 3.63) is 222 Å². The monoisotopic (exact) mass is 942 g/mol. The minimum Gasteiger partial charge on any atom is -0.507 e. The Labute approximate surface area is 388 Å². The van der Waals surface area contributed by atoms with Crippen molar-refractivity contribution in [3.8, 4) is 23.0 Å². The zero-order valence-corrected chi connectivity index (χ0v) is 36.1. The zero-order valence-electron chi connectivity index (χ0n) is 36.1. The molecule has 0 spiro atoms. The number of rotatable bonds is 11. The first kappa shape index (κ1) is 48.3. The first-order valence-electron chi connectivity index (χ1n) is 21.1. The molecule has 0 bridgehead atoms. The number of carboxylic acids is 1. The number of carbonyl (C=O) groups is 1. The molecular weight excluding hydrogens is 902 g/mol.